The lowest BCUT2D eigenvalue weighted by molar-refractivity contribution is -0.137. The van der Waals surface area contributed by atoms with Gasteiger partial charge in [0.15, 0.2) is 0 Å². The van der Waals surface area contributed by atoms with Crippen molar-refractivity contribution in [3.8, 4) is 0 Å². The minimum Gasteiger partial charge on any atom is -0.359 e. The minimum absolute atomic E-state index is 0.0330. The van der Waals surface area contributed by atoms with Crippen molar-refractivity contribution in [1.82, 2.24) is 16.0 Å². The number of rotatable bonds is 8. The summed E-state index contributed by atoms with van der Waals surface area (Å²) in [7, 11) is 1.61. The van der Waals surface area contributed by atoms with Crippen molar-refractivity contribution < 1.29 is 19.2 Å². The van der Waals surface area contributed by atoms with E-state index in [2.05, 4.69) is 16.0 Å². The number of carbonyl (C=O) groups excluding carboxylic acids is 4. The van der Waals surface area contributed by atoms with Crippen LogP contribution in [0.1, 0.15) is 51.4 Å². The van der Waals surface area contributed by atoms with Crippen molar-refractivity contribution in [2.24, 2.45) is 0 Å². The lowest BCUT2D eigenvalue weighted by Crippen LogP contribution is -2.52. The fourth-order valence-electron chi connectivity index (χ4n) is 2.15. The summed E-state index contributed by atoms with van der Waals surface area (Å²) in [6, 6.07) is -0.594. The van der Waals surface area contributed by atoms with E-state index in [4.69, 9.17) is 0 Å². The molecule has 0 aromatic heterocycles. The molecule has 3 N–H and O–H groups in total. The lowest BCUT2D eigenvalue weighted by Gasteiger charge is -2.21. The van der Waals surface area contributed by atoms with Crippen LogP contribution in [0.5, 0.6) is 0 Å². The highest BCUT2D eigenvalue weighted by Gasteiger charge is 2.27. The zero-order valence-electron chi connectivity index (χ0n) is 12.4. The minimum atomic E-state index is -0.594. The molecule has 0 aliphatic carbocycles. The van der Waals surface area contributed by atoms with Crippen LogP contribution in [0, 0.1) is 0 Å². The molecule has 21 heavy (non-hydrogen) atoms. The summed E-state index contributed by atoms with van der Waals surface area (Å²) in [5.74, 6) is -0.854. The van der Waals surface area contributed by atoms with Crippen LogP contribution in [-0.4, -0.2) is 36.7 Å². The molecule has 0 saturated carbocycles. The summed E-state index contributed by atoms with van der Waals surface area (Å²) in [4.78, 5) is 45.1. The summed E-state index contributed by atoms with van der Waals surface area (Å²) in [5, 5.41) is 7.41. The first-order valence-electron chi connectivity index (χ1n) is 7.36. The fourth-order valence-corrected chi connectivity index (χ4v) is 2.15. The van der Waals surface area contributed by atoms with Crippen LogP contribution < -0.4 is 16.0 Å². The van der Waals surface area contributed by atoms with Gasteiger partial charge in [-0.2, -0.15) is 0 Å². The van der Waals surface area contributed by atoms with E-state index in [0.29, 0.717) is 19.3 Å². The number of hydrogen-bond acceptors (Lipinski definition) is 4. The van der Waals surface area contributed by atoms with Gasteiger partial charge in [-0.25, -0.2) is 0 Å². The van der Waals surface area contributed by atoms with Gasteiger partial charge in [0.05, 0.1) is 0 Å². The van der Waals surface area contributed by atoms with Crippen molar-refractivity contribution in [2.45, 2.75) is 57.4 Å². The molecule has 7 nitrogen and oxygen atoms in total. The molecule has 118 valence electrons. The monoisotopic (exact) mass is 297 g/mol. The first kappa shape index (κ1) is 17.1. The quantitative estimate of drug-likeness (QED) is 0.433. The van der Waals surface area contributed by atoms with Crippen LogP contribution in [0.15, 0.2) is 0 Å². The van der Waals surface area contributed by atoms with E-state index in [1.165, 1.54) is 0 Å². The highest BCUT2D eigenvalue weighted by molar-refractivity contribution is 6.01. The largest absolute Gasteiger partial charge is 0.359 e. The van der Waals surface area contributed by atoms with Gasteiger partial charge in [0.1, 0.15) is 6.04 Å². The molecule has 1 atom stereocenters. The van der Waals surface area contributed by atoms with Crippen LogP contribution >= 0.6 is 0 Å². The molecule has 1 rings (SSSR count). The van der Waals surface area contributed by atoms with Crippen LogP contribution in [0.2, 0.25) is 0 Å². The van der Waals surface area contributed by atoms with E-state index in [-0.39, 0.29) is 24.1 Å². The third-order valence-corrected chi connectivity index (χ3v) is 3.41. The average Bonchev–Trinajstić information content (AvgIpc) is 2.45. The molecule has 0 aromatic rings. The molecule has 1 aliphatic heterocycles. The molecule has 1 unspecified atom stereocenters. The summed E-state index contributed by atoms with van der Waals surface area (Å²) in [6.45, 7) is 0. The Morgan fingerprint density at radius 1 is 1.10 bits per heavy atom. The zero-order valence-corrected chi connectivity index (χ0v) is 12.4. The Hall–Kier alpha value is -1.92. The molecule has 7 heteroatoms. The van der Waals surface area contributed by atoms with Gasteiger partial charge >= 0.3 is 0 Å². The SMILES string of the molecule is CNC(=O)CCCCCCC(=O)NC1CCC(=O)NC1=O. The van der Waals surface area contributed by atoms with Crippen LogP contribution in [0.3, 0.4) is 0 Å². The highest BCUT2D eigenvalue weighted by atomic mass is 16.2. The van der Waals surface area contributed by atoms with Gasteiger partial charge < -0.3 is 10.6 Å². The maximum atomic E-state index is 11.7. The fraction of sp³-hybridized carbons (Fsp3) is 0.714. The Morgan fingerprint density at radius 3 is 2.29 bits per heavy atom. The van der Waals surface area contributed by atoms with Crippen LogP contribution in [-0.2, 0) is 19.2 Å². The Bertz CT molecular complexity index is 409. The summed E-state index contributed by atoms with van der Waals surface area (Å²) in [6.07, 6.45) is 4.82. The van der Waals surface area contributed by atoms with E-state index in [1.807, 2.05) is 0 Å². The van der Waals surface area contributed by atoms with Gasteiger partial charge in [-0.1, -0.05) is 12.8 Å². The second kappa shape index (κ2) is 9.10. The standard InChI is InChI=1S/C14H23N3O4/c1-15-11(18)6-4-2-3-5-7-12(19)16-10-8-9-13(20)17-14(10)21/h10H,2-9H2,1H3,(H,15,18)(H,16,19)(H,17,20,21). The smallest absolute Gasteiger partial charge is 0.249 e. The Balaban J connectivity index is 2.07. The predicted molar refractivity (Wildman–Crippen MR) is 76.1 cm³/mol. The number of amides is 4. The van der Waals surface area contributed by atoms with Crippen LogP contribution in [0.25, 0.3) is 0 Å². The number of hydrogen-bond donors (Lipinski definition) is 3. The average molecular weight is 297 g/mol. The van der Waals surface area contributed by atoms with Gasteiger partial charge in [0.2, 0.25) is 23.6 Å². The normalized spacial score (nSPS) is 18.0. The Morgan fingerprint density at radius 2 is 1.71 bits per heavy atom. The number of nitrogens with one attached hydrogen (secondary N) is 3. The van der Waals surface area contributed by atoms with Crippen molar-refractivity contribution >= 4 is 23.6 Å². The molecule has 0 aromatic carbocycles. The molecule has 1 aliphatic rings. The Kier molecular flexibility index (Phi) is 7.42. The molecular formula is C14H23N3O4. The molecule has 0 radical (unpaired) electrons. The number of piperidine rings is 1. The van der Waals surface area contributed by atoms with Crippen molar-refractivity contribution in [1.29, 1.82) is 0 Å². The van der Waals surface area contributed by atoms with E-state index < -0.39 is 11.9 Å². The second-order valence-electron chi connectivity index (χ2n) is 5.16. The van der Waals surface area contributed by atoms with Gasteiger partial charge in [-0.05, 0) is 19.3 Å². The molecular weight excluding hydrogens is 274 g/mol. The Labute approximate surface area is 124 Å². The highest BCUT2D eigenvalue weighted by Crippen LogP contribution is 2.07. The number of unbranched alkanes of at least 4 members (excludes halogenated alkanes) is 3. The van der Waals surface area contributed by atoms with Gasteiger partial charge in [0, 0.05) is 26.3 Å². The summed E-state index contributed by atoms with van der Waals surface area (Å²) < 4.78 is 0. The summed E-state index contributed by atoms with van der Waals surface area (Å²) >= 11 is 0. The molecule has 1 heterocycles. The van der Waals surface area contributed by atoms with E-state index in [1.54, 1.807) is 7.05 Å². The predicted octanol–water partition coefficient (Wildman–Crippen LogP) is -0.00560. The van der Waals surface area contributed by atoms with Crippen molar-refractivity contribution in [3.05, 3.63) is 0 Å². The molecule has 1 saturated heterocycles. The van der Waals surface area contributed by atoms with Gasteiger partial charge in [-0.3, -0.25) is 24.5 Å². The van der Waals surface area contributed by atoms with Crippen LogP contribution in [0.4, 0.5) is 0 Å². The molecule has 1 fully saturated rings. The first-order valence-corrected chi connectivity index (χ1v) is 7.36. The summed E-state index contributed by atoms with van der Waals surface area (Å²) in [5.41, 5.74) is 0. The third-order valence-electron chi connectivity index (χ3n) is 3.41. The van der Waals surface area contributed by atoms with E-state index in [9.17, 15) is 19.2 Å². The van der Waals surface area contributed by atoms with Gasteiger partial charge in [0.25, 0.3) is 0 Å². The molecule has 0 spiro atoms. The van der Waals surface area contributed by atoms with Crippen molar-refractivity contribution in [2.75, 3.05) is 7.05 Å². The second-order valence-corrected chi connectivity index (χ2v) is 5.16. The third kappa shape index (κ3) is 6.87. The number of imide groups is 1. The first-order chi connectivity index (χ1) is 10.0. The lowest BCUT2D eigenvalue weighted by atomic mass is 10.1. The molecule has 0 bridgehead atoms. The maximum absolute atomic E-state index is 11.7. The number of carbonyl (C=O) groups is 4. The van der Waals surface area contributed by atoms with E-state index in [0.717, 1.165) is 25.7 Å². The van der Waals surface area contributed by atoms with E-state index >= 15 is 0 Å². The zero-order chi connectivity index (χ0) is 15.7. The van der Waals surface area contributed by atoms with Gasteiger partial charge in [-0.15, -0.1) is 0 Å². The molecule has 4 amide bonds. The topological polar surface area (TPSA) is 104 Å². The maximum Gasteiger partial charge on any atom is 0.249 e. The van der Waals surface area contributed by atoms with Crippen molar-refractivity contribution in [3.63, 3.8) is 0 Å².